The summed E-state index contributed by atoms with van der Waals surface area (Å²) in [5.74, 6) is -8.26. The third-order valence-electron chi connectivity index (χ3n) is 1.13. The molecule has 0 fully saturated rings. The average molecular weight is 283 g/mol. The van der Waals surface area contributed by atoms with Gasteiger partial charge in [0.1, 0.15) is 0 Å². The standard InChI is InChI=1S/C5F11N/c6-1(3(8,9)10)2(7)17(4(11,12)13)5(14,15)16/b2-1-. The molecule has 0 rings (SSSR count). The Morgan fingerprint density at radius 3 is 1.12 bits per heavy atom. The lowest BCUT2D eigenvalue weighted by atomic mass is 10.5. The number of nitrogens with zero attached hydrogens (tertiary/aromatic N) is 1. The second-order valence-corrected chi connectivity index (χ2v) is 2.37. The third kappa shape index (κ3) is 3.93. The lowest BCUT2D eigenvalue weighted by molar-refractivity contribution is -0.366. The fraction of sp³-hybridized carbons (Fsp3) is 0.600. The molecular weight excluding hydrogens is 283 g/mol. The van der Waals surface area contributed by atoms with Crippen molar-refractivity contribution in [2.24, 2.45) is 0 Å². The van der Waals surface area contributed by atoms with Crippen LogP contribution in [0.4, 0.5) is 48.3 Å². The van der Waals surface area contributed by atoms with Crippen molar-refractivity contribution < 1.29 is 48.3 Å². The largest absolute Gasteiger partial charge is 0.493 e. The quantitative estimate of drug-likeness (QED) is 0.519. The van der Waals surface area contributed by atoms with Crippen LogP contribution in [0.5, 0.6) is 0 Å². The highest BCUT2D eigenvalue weighted by Gasteiger charge is 2.58. The predicted molar refractivity (Wildman–Crippen MR) is 29.2 cm³/mol. The molecule has 0 saturated carbocycles. The van der Waals surface area contributed by atoms with Crippen molar-refractivity contribution >= 4 is 0 Å². The van der Waals surface area contributed by atoms with Crippen LogP contribution in [0, 0.1) is 0 Å². The van der Waals surface area contributed by atoms with Crippen LogP contribution in [0.1, 0.15) is 0 Å². The molecule has 0 aliphatic heterocycles. The van der Waals surface area contributed by atoms with Gasteiger partial charge in [0.15, 0.2) is 0 Å². The molecule has 0 unspecified atom stereocenters. The summed E-state index contributed by atoms with van der Waals surface area (Å²) in [6.45, 7) is 0. The van der Waals surface area contributed by atoms with Crippen molar-refractivity contribution in [3.05, 3.63) is 11.8 Å². The Morgan fingerprint density at radius 1 is 0.647 bits per heavy atom. The summed E-state index contributed by atoms with van der Waals surface area (Å²) in [5, 5.41) is 0. The molecule has 0 bridgehead atoms. The third-order valence-corrected chi connectivity index (χ3v) is 1.13. The summed E-state index contributed by atoms with van der Waals surface area (Å²) < 4.78 is 128. The first-order valence-electron chi connectivity index (χ1n) is 3.25. The molecule has 17 heavy (non-hydrogen) atoms. The van der Waals surface area contributed by atoms with Crippen LogP contribution in [0.15, 0.2) is 11.8 Å². The smallest absolute Gasteiger partial charge is 0.197 e. The van der Waals surface area contributed by atoms with Gasteiger partial charge < -0.3 is 0 Å². The van der Waals surface area contributed by atoms with Crippen LogP contribution in [0.25, 0.3) is 0 Å². The summed E-state index contributed by atoms with van der Waals surface area (Å²) in [6.07, 6.45) is -19.5. The molecule has 1 nitrogen and oxygen atoms in total. The predicted octanol–water partition coefficient (Wildman–Crippen LogP) is 4.00. The van der Waals surface area contributed by atoms with E-state index in [9.17, 15) is 48.3 Å². The Balaban J connectivity index is 5.69. The SMILES string of the molecule is F/C(=C(/F)C(F)(F)F)N(C(F)(F)F)C(F)(F)F. The van der Waals surface area contributed by atoms with E-state index in [-0.39, 0.29) is 0 Å². The van der Waals surface area contributed by atoms with E-state index in [1.165, 1.54) is 0 Å². The molecule has 0 amide bonds. The van der Waals surface area contributed by atoms with Gasteiger partial charge in [-0.2, -0.15) is 26.9 Å². The summed E-state index contributed by atoms with van der Waals surface area (Å²) in [7, 11) is 0. The van der Waals surface area contributed by atoms with Crippen LogP contribution in [0.2, 0.25) is 0 Å². The van der Waals surface area contributed by atoms with Gasteiger partial charge in [-0.1, -0.05) is 0 Å². The first kappa shape index (κ1) is 15.8. The van der Waals surface area contributed by atoms with Crippen molar-refractivity contribution in [1.82, 2.24) is 4.90 Å². The molecule has 0 N–H and O–H groups in total. The second-order valence-electron chi connectivity index (χ2n) is 2.37. The Morgan fingerprint density at radius 2 is 0.941 bits per heavy atom. The van der Waals surface area contributed by atoms with Gasteiger partial charge in [0.25, 0.3) is 5.83 Å². The molecule has 102 valence electrons. The van der Waals surface area contributed by atoms with E-state index in [1.807, 2.05) is 0 Å². The molecule has 0 aromatic carbocycles. The lowest BCUT2D eigenvalue weighted by Gasteiger charge is -2.26. The van der Waals surface area contributed by atoms with E-state index in [0.717, 1.165) is 0 Å². The van der Waals surface area contributed by atoms with E-state index >= 15 is 0 Å². The summed E-state index contributed by atoms with van der Waals surface area (Å²) in [6, 6.07) is 0. The van der Waals surface area contributed by atoms with Gasteiger partial charge in [0, 0.05) is 0 Å². The average Bonchev–Trinajstić information content (AvgIpc) is 1.94. The minimum Gasteiger partial charge on any atom is -0.197 e. The Bertz CT molecular complexity index is 289. The molecule has 0 heterocycles. The first-order valence-corrected chi connectivity index (χ1v) is 3.25. The summed E-state index contributed by atoms with van der Waals surface area (Å²) in [5.41, 5.74) is 0. The van der Waals surface area contributed by atoms with Gasteiger partial charge in [0.05, 0.1) is 0 Å². The molecule has 0 aliphatic rings. The number of rotatable bonds is 1. The van der Waals surface area contributed by atoms with Crippen molar-refractivity contribution in [1.29, 1.82) is 0 Å². The Kier molecular flexibility index (Phi) is 3.91. The van der Waals surface area contributed by atoms with E-state index in [1.54, 1.807) is 0 Å². The van der Waals surface area contributed by atoms with Gasteiger partial charge in [-0.25, -0.2) is 0 Å². The molecule has 0 atom stereocenters. The molecule has 0 radical (unpaired) electrons. The zero-order chi connectivity index (χ0) is 14.2. The maximum atomic E-state index is 12.2. The fourth-order valence-corrected chi connectivity index (χ4v) is 0.581. The van der Waals surface area contributed by atoms with Crippen LogP contribution < -0.4 is 0 Å². The summed E-state index contributed by atoms with van der Waals surface area (Å²) >= 11 is 0. The number of hydrogen-bond donors (Lipinski definition) is 0. The van der Waals surface area contributed by atoms with E-state index < -0.39 is 35.5 Å². The second kappa shape index (κ2) is 4.22. The zero-order valence-corrected chi connectivity index (χ0v) is 7.10. The van der Waals surface area contributed by atoms with E-state index in [2.05, 4.69) is 0 Å². The molecular formula is C5F11N. The van der Waals surface area contributed by atoms with Gasteiger partial charge in [-0.15, -0.1) is 26.3 Å². The maximum Gasteiger partial charge on any atom is 0.493 e. The normalized spacial score (nSPS) is 15.7. The maximum absolute atomic E-state index is 12.2. The van der Waals surface area contributed by atoms with Crippen molar-refractivity contribution in [3.63, 3.8) is 0 Å². The Hall–Kier alpha value is -1.23. The van der Waals surface area contributed by atoms with E-state index in [4.69, 9.17) is 0 Å². The number of allylic oxidation sites excluding steroid dienone is 1. The van der Waals surface area contributed by atoms with Gasteiger partial charge in [-0.3, -0.25) is 0 Å². The topological polar surface area (TPSA) is 3.24 Å². The van der Waals surface area contributed by atoms with Gasteiger partial charge in [-0.05, 0) is 0 Å². The zero-order valence-electron chi connectivity index (χ0n) is 7.10. The van der Waals surface area contributed by atoms with Crippen LogP contribution in [-0.2, 0) is 0 Å². The lowest BCUT2D eigenvalue weighted by Crippen LogP contribution is -2.47. The fourth-order valence-electron chi connectivity index (χ4n) is 0.581. The van der Waals surface area contributed by atoms with Crippen molar-refractivity contribution in [3.8, 4) is 0 Å². The molecule has 0 saturated heterocycles. The van der Waals surface area contributed by atoms with Crippen molar-refractivity contribution in [2.45, 2.75) is 18.8 Å². The highest BCUT2D eigenvalue weighted by molar-refractivity contribution is 5.06. The molecule has 12 heteroatoms. The minimum atomic E-state index is -6.59. The van der Waals surface area contributed by atoms with E-state index in [0.29, 0.717) is 0 Å². The van der Waals surface area contributed by atoms with Gasteiger partial charge in [0.2, 0.25) is 5.95 Å². The highest BCUT2D eigenvalue weighted by atomic mass is 19.4. The molecule has 0 aliphatic carbocycles. The van der Waals surface area contributed by atoms with Crippen LogP contribution in [-0.4, -0.2) is 23.7 Å². The molecule has 0 aromatic rings. The highest BCUT2D eigenvalue weighted by Crippen LogP contribution is 2.41. The van der Waals surface area contributed by atoms with Crippen LogP contribution >= 0.6 is 0 Å². The minimum absolute atomic E-state index is 3.22. The summed E-state index contributed by atoms with van der Waals surface area (Å²) in [4.78, 5) is -3.22. The van der Waals surface area contributed by atoms with Crippen molar-refractivity contribution in [2.75, 3.05) is 0 Å². The first-order chi connectivity index (χ1) is 7.19. The van der Waals surface area contributed by atoms with Crippen LogP contribution in [0.3, 0.4) is 0 Å². The number of halogens is 11. The number of alkyl halides is 9. The Labute approximate surface area is 85.1 Å². The number of hydrogen-bond acceptors (Lipinski definition) is 1. The molecule has 0 aromatic heterocycles. The molecule has 0 spiro atoms. The monoisotopic (exact) mass is 283 g/mol. The van der Waals surface area contributed by atoms with Gasteiger partial charge >= 0.3 is 18.8 Å².